The number of rotatable bonds is 2. The fourth-order valence-corrected chi connectivity index (χ4v) is 6.17. The zero-order valence-electron chi connectivity index (χ0n) is 23.0. The van der Waals surface area contributed by atoms with Crippen LogP contribution in [0.4, 0.5) is 39.5 Å². The van der Waals surface area contributed by atoms with Crippen LogP contribution >= 0.6 is 0 Å². The number of fused-ring (bicyclic) bond motifs is 7. The number of hydrogen-bond donors (Lipinski definition) is 0. The molecule has 7 rings (SSSR count). The quantitative estimate of drug-likeness (QED) is 0.174. The average molecular weight is 638 g/mol. The monoisotopic (exact) mass is 637 g/mol. The van der Waals surface area contributed by atoms with Gasteiger partial charge in [0.15, 0.2) is 0 Å². The van der Waals surface area contributed by atoms with Gasteiger partial charge in [0.1, 0.15) is 6.07 Å². The molecule has 7 aromatic rings. The van der Waals surface area contributed by atoms with Crippen LogP contribution in [-0.4, -0.2) is 9.13 Å². The van der Waals surface area contributed by atoms with Crippen LogP contribution in [0.1, 0.15) is 22.3 Å². The molecule has 2 aromatic heterocycles. The molecule has 0 aliphatic carbocycles. The Balaban J connectivity index is 1.77. The highest BCUT2D eigenvalue weighted by Crippen LogP contribution is 2.46. The number of hydrogen-bond acceptors (Lipinski definition) is 1. The fraction of sp³-hybridized carbons (Fsp3) is 0.0882. The van der Waals surface area contributed by atoms with Crippen molar-refractivity contribution in [3.63, 3.8) is 0 Å². The molecule has 3 nitrogen and oxygen atoms in total. The van der Waals surface area contributed by atoms with Gasteiger partial charge in [-0.15, -0.1) is 0 Å². The Bertz CT molecular complexity index is 2370. The first-order chi connectivity index (χ1) is 21.7. The van der Waals surface area contributed by atoms with Gasteiger partial charge in [0.2, 0.25) is 0 Å². The van der Waals surface area contributed by atoms with E-state index in [0.717, 1.165) is 12.1 Å². The van der Waals surface area contributed by atoms with Crippen molar-refractivity contribution < 1.29 is 39.5 Å². The van der Waals surface area contributed by atoms with E-state index in [1.54, 1.807) is 48.5 Å². The Morgan fingerprint density at radius 2 is 1.00 bits per heavy atom. The lowest BCUT2D eigenvalue weighted by Crippen LogP contribution is -2.13. The van der Waals surface area contributed by atoms with Gasteiger partial charge in [-0.2, -0.15) is 44.8 Å². The summed E-state index contributed by atoms with van der Waals surface area (Å²) < 4.78 is 130. The third kappa shape index (κ3) is 4.37. The maximum atomic E-state index is 14.6. The summed E-state index contributed by atoms with van der Waals surface area (Å²) in [5.41, 5.74) is -5.01. The first-order valence-corrected chi connectivity index (χ1v) is 13.6. The molecule has 0 saturated carbocycles. The van der Waals surface area contributed by atoms with Gasteiger partial charge in [0.05, 0.1) is 50.0 Å². The van der Waals surface area contributed by atoms with Gasteiger partial charge in [-0.3, -0.25) is 0 Å². The molecule has 46 heavy (non-hydrogen) atoms. The Kier molecular flexibility index (Phi) is 6.22. The van der Waals surface area contributed by atoms with E-state index >= 15 is 0 Å². The number of nitrogens with zero attached hydrogens (tertiary/aromatic N) is 3. The van der Waals surface area contributed by atoms with Crippen molar-refractivity contribution in [3.8, 4) is 17.4 Å². The number of halogens is 9. The second kappa shape index (κ2) is 9.78. The molecule has 230 valence electrons. The predicted octanol–water partition coefficient (Wildman–Crippen LogP) is 10.8. The van der Waals surface area contributed by atoms with Crippen molar-refractivity contribution in [2.75, 3.05) is 0 Å². The first-order valence-electron chi connectivity index (χ1n) is 13.6. The molecular formula is C34H16F9N3. The fourth-order valence-electron chi connectivity index (χ4n) is 6.17. The Morgan fingerprint density at radius 1 is 0.500 bits per heavy atom. The lowest BCUT2D eigenvalue weighted by molar-refractivity contribution is -0.143. The highest BCUT2D eigenvalue weighted by atomic mass is 19.4. The summed E-state index contributed by atoms with van der Waals surface area (Å²) in [6.45, 7) is 0. The van der Waals surface area contributed by atoms with Gasteiger partial charge in [0.25, 0.3) is 0 Å². The first kappa shape index (κ1) is 29.3. The second-order valence-corrected chi connectivity index (χ2v) is 10.6. The van der Waals surface area contributed by atoms with E-state index in [1.807, 2.05) is 6.07 Å². The highest BCUT2D eigenvalue weighted by Gasteiger charge is 2.39. The molecule has 0 atom stereocenters. The molecule has 0 bridgehead atoms. The van der Waals surface area contributed by atoms with E-state index in [2.05, 4.69) is 0 Å². The average Bonchev–Trinajstić information content (AvgIpc) is 3.52. The van der Waals surface area contributed by atoms with Crippen molar-refractivity contribution >= 4 is 43.6 Å². The van der Waals surface area contributed by atoms with E-state index in [9.17, 15) is 44.8 Å². The van der Waals surface area contributed by atoms with Crippen molar-refractivity contribution in [2.45, 2.75) is 18.5 Å². The van der Waals surface area contributed by atoms with Crippen LogP contribution in [0.5, 0.6) is 0 Å². The normalized spacial score (nSPS) is 12.9. The topological polar surface area (TPSA) is 33.6 Å². The van der Waals surface area contributed by atoms with Crippen LogP contribution in [0.15, 0.2) is 97.1 Å². The zero-order chi connectivity index (χ0) is 32.8. The van der Waals surface area contributed by atoms with Crippen LogP contribution in [0.25, 0.3) is 55.0 Å². The SMILES string of the molecule is N#Cc1cccc(C(F)(F)F)c1-n1c2ccccc2c2ccc3c4ccccc4n(-c4cc(C(F)(F)F)cc(C(F)(F)F)c4)c3c21. The van der Waals surface area contributed by atoms with Crippen molar-refractivity contribution in [2.24, 2.45) is 0 Å². The van der Waals surface area contributed by atoms with E-state index in [0.29, 0.717) is 33.7 Å². The second-order valence-electron chi connectivity index (χ2n) is 10.6. The molecule has 5 aromatic carbocycles. The largest absolute Gasteiger partial charge is 0.418 e. The highest BCUT2D eigenvalue weighted by molar-refractivity contribution is 6.23. The molecule has 0 spiro atoms. The Morgan fingerprint density at radius 3 is 1.50 bits per heavy atom. The number of nitriles is 1. The summed E-state index contributed by atoms with van der Waals surface area (Å²) in [6, 6.07) is 22.1. The lowest BCUT2D eigenvalue weighted by Gasteiger charge is -2.19. The Hall–Kier alpha value is -5.44. The van der Waals surface area contributed by atoms with Crippen molar-refractivity contribution in [3.05, 3.63) is 119 Å². The molecule has 0 unspecified atom stereocenters. The smallest absolute Gasteiger partial charge is 0.307 e. The number of para-hydroxylation sites is 3. The molecule has 0 amide bonds. The van der Waals surface area contributed by atoms with E-state index in [-0.39, 0.29) is 33.7 Å². The minimum Gasteiger partial charge on any atom is -0.307 e. The van der Waals surface area contributed by atoms with Gasteiger partial charge < -0.3 is 9.13 Å². The summed E-state index contributed by atoms with van der Waals surface area (Å²) in [7, 11) is 0. The standard InChI is InChI=1S/C34H16F9N3/c35-32(36,37)19-14-20(33(38,39)40)16-21(15-19)45-27-10-3-1-7-22(27)24-12-13-25-23-8-2-4-11-28(23)46(31(25)30(24)45)29-18(17-44)6-5-9-26(29)34(41,42)43/h1-16H. The van der Waals surface area contributed by atoms with Gasteiger partial charge in [-0.05, 0) is 42.5 Å². The lowest BCUT2D eigenvalue weighted by atomic mass is 10.1. The van der Waals surface area contributed by atoms with Crippen molar-refractivity contribution in [1.82, 2.24) is 9.13 Å². The van der Waals surface area contributed by atoms with E-state index in [1.165, 1.54) is 27.3 Å². The molecule has 0 radical (unpaired) electrons. The van der Waals surface area contributed by atoms with E-state index in [4.69, 9.17) is 0 Å². The third-order valence-corrected chi connectivity index (χ3v) is 7.98. The Labute approximate surface area is 252 Å². The maximum absolute atomic E-state index is 14.6. The minimum absolute atomic E-state index is 0.0166. The summed E-state index contributed by atoms with van der Waals surface area (Å²) in [4.78, 5) is 0. The molecule has 0 aliphatic rings. The molecule has 2 heterocycles. The molecule has 12 heteroatoms. The predicted molar refractivity (Wildman–Crippen MR) is 155 cm³/mol. The van der Waals surface area contributed by atoms with Gasteiger partial charge in [0, 0.05) is 27.2 Å². The van der Waals surface area contributed by atoms with E-state index < -0.39 is 46.6 Å². The molecule has 0 aliphatic heterocycles. The third-order valence-electron chi connectivity index (χ3n) is 7.98. The maximum Gasteiger partial charge on any atom is 0.418 e. The summed E-state index contributed by atoms with van der Waals surface area (Å²) in [5.74, 6) is 0. The zero-order valence-corrected chi connectivity index (χ0v) is 23.0. The number of benzene rings is 5. The number of alkyl halides is 9. The van der Waals surface area contributed by atoms with Crippen LogP contribution < -0.4 is 0 Å². The minimum atomic E-state index is -5.15. The van der Waals surface area contributed by atoms with Gasteiger partial charge in [-0.25, -0.2) is 0 Å². The van der Waals surface area contributed by atoms with Crippen LogP contribution in [-0.2, 0) is 18.5 Å². The van der Waals surface area contributed by atoms with Gasteiger partial charge in [-0.1, -0.05) is 54.6 Å². The molecule has 0 fully saturated rings. The van der Waals surface area contributed by atoms with Crippen LogP contribution in [0, 0.1) is 11.3 Å². The molecular weight excluding hydrogens is 621 g/mol. The summed E-state index contributed by atoms with van der Waals surface area (Å²) in [5, 5.41) is 11.6. The molecule has 0 saturated heterocycles. The van der Waals surface area contributed by atoms with Gasteiger partial charge >= 0.3 is 18.5 Å². The molecule has 0 N–H and O–H groups in total. The van der Waals surface area contributed by atoms with Crippen molar-refractivity contribution in [1.29, 1.82) is 5.26 Å². The summed E-state index contributed by atoms with van der Waals surface area (Å²) >= 11 is 0. The van der Waals surface area contributed by atoms with Crippen LogP contribution in [0.3, 0.4) is 0 Å². The summed E-state index contributed by atoms with van der Waals surface area (Å²) in [6.07, 6.45) is -15.2. The number of aromatic nitrogens is 2. The van der Waals surface area contributed by atoms with Crippen LogP contribution in [0.2, 0.25) is 0 Å².